The maximum Gasteiger partial charge on any atom is 0.408 e. The molecule has 0 aliphatic rings. The minimum absolute atomic E-state index is 0.0208. The van der Waals surface area contributed by atoms with Gasteiger partial charge in [0.15, 0.2) is 0 Å². The SMILES string of the molecule is CCCCCCCCCCCCCCOCC(CNC(=O)CC[C@H](NC(=O)CCOCCOCCOCCOCCOCCOCCOCCOCCNC(=O)C=CC(=O)N(CC(N)=O)NC(=O)[C@H](C)NC(=O)[C@H](C)NC(=O)OCc1ccccc1)C(=O)O)OCCCCCCCCCCCCCC. The highest BCUT2D eigenvalue weighted by Gasteiger charge is 2.26. The summed E-state index contributed by atoms with van der Waals surface area (Å²) in [6.07, 6.45) is 30.7. The van der Waals surface area contributed by atoms with Crippen molar-refractivity contribution in [2.75, 3.05) is 145 Å². The lowest BCUT2D eigenvalue weighted by molar-refractivity contribution is -0.142. The van der Waals surface area contributed by atoms with Crippen molar-refractivity contribution in [3.63, 3.8) is 0 Å². The molecule has 8 amide bonds. The molecule has 0 heterocycles. The normalized spacial score (nSPS) is 12.5. The molecule has 1 aromatic rings. The van der Waals surface area contributed by atoms with Gasteiger partial charge in [-0.2, -0.15) is 0 Å². The Balaban J connectivity index is 2.10. The monoisotopic (exact) mass is 1480 g/mol. The number of carboxylic acids is 1. The smallest absolute Gasteiger partial charge is 0.408 e. The Morgan fingerprint density at radius 3 is 1.38 bits per heavy atom. The highest BCUT2D eigenvalue weighted by molar-refractivity contribution is 5.99. The summed E-state index contributed by atoms with van der Waals surface area (Å²) in [5.41, 5.74) is 8.18. The molecule has 4 atom stereocenters. The lowest BCUT2D eigenvalue weighted by Crippen LogP contribution is -2.56. The summed E-state index contributed by atoms with van der Waals surface area (Å²) in [6, 6.07) is 5.33. The maximum atomic E-state index is 12.9. The topological polar surface area (TPSA) is 377 Å². The average molecular weight is 1480 g/mol. The zero-order valence-corrected chi connectivity index (χ0v) is 63.3. The Hall–Kier alpha value is -6.41. The number of hydrazine groups is 1. The van der Waals surface area contributed by atoms with E-state index in [-0.39, 0.29) is 90.6 Å². The molecular formula is C75H132N8O21. The second-order valence-electron chi connectivity index (χ2n) is 25.4. The first-order valence-corrected chi connectivity index (χ1v) is 38.3. The first kappa shape index (κ1) is 95.6. The molecule has 29 heteroatoms. The fourth-order valence-corrected chi connectivity index (χ4v) is 10.1. The summed E-state index contributed by atoms with van der Waals surface area (Å²) in [5, 5.41) is 23.1. The zero-order chi connectivity index (χ0) is 76.0. The average Bonchev–Trinajstić information content (AvgIpc) is 0.889. The van der Waals surface area contributed by atoms with Crippen LogP contribution in [0, 0.1) is 0 Å². The van der Waals surface area contributed by atoms with Crippen LogP contribution in [0.2, 0.25) is 0 Å². The Morgan fingerprint density at radius 1 is 0.471 bits per heavy atom. The van der Waals surface area contributed by atoms with Crippen LogP contribution in [-0.2, 0) is 97.1 Å². The number of unbranched alkanes of at least 4 members (excludes halogenated alkanes) is 22. The second-order valence-corrected chi connectivity index (χ2v) is 25.4. The second kappa shape index (κ2) is 69.6. The predicted molar refractivity (Wildman–Crippen MR) is 394 cm³/mol. The molecule has 598 valence electrons. The van der Waals surface area contributed by atoms with Crippen molar-refractivity contribution >= 4 is 53.4 Å². The van der Waals surface area contributed by atoms with Gasteiger partial charge in [0.25, 0.3) is 11.8 Å². The van der Waals surface area contributed by atoms with E-state index < -0.39 is 72.2 Å². The third-order valence-electron chi connectivity index (χ3n) is 16.1. The molecule has 0 bridgehead atoms. The van der Waals surface area contributed by atoms with E-state index in [2.05, 4.69) is 45.9 Å². The molecule has 0 aliphatic heterocycles. The maximum absolute atomic E-state index is 12.9. The van der Waals surface area contributed by atoms with E-state index in [1.54, 1.807) is 24.3 Å². The molecule has 0 fully saturated rings. The highest BCUT2D eigenvalue weighted by atomic mass is 16.6. The number of carbonyl (C=O) groups excluding carboxylic acids is 8. The van der Waals surface area contributed by atoms with E-state index in [0.29, 0.717) is 90.9 Å². The number of alkyl carbamates (subject to hydrolysis) is 1. The van der Waals surface area contributed by atoms with Crippen LogP contribution in [0.25, 0.3) is 0 Å². The van der Waals surface area contributed by atoms with Gasteiger partial charge in [-0.25, -0.2) is 14.6 Å². The number of aliphatic carboxylic acids is 1. The quantitative estimate of drug-likeness (QED) is 0.0176. The molecule has 9 N–H and O–H groups in total. The number of amides is 8. The van der Waals surface area contributed by atoms with Gasteiger partial charge in [0.2, 0.25) is 29.5 Å². The molecule has 0 spiro atoms. The Kier molecular flexibility index (Phi) is 64.0. The van der Waals surface area contributed by atoms with Crippen LogP contribution in [0.3, 0.4) is 0 Å². The third kappa shape index (κ3) is 60.8. The molecule has 0 radical (unpaired) electrons. The number of carbonyl (C=O) groups is 9. The largest absolute Gasteiger partial charge is 0.480 e. The number of hydrogen-bond acceptors (Lipinski definition) is 20. The van der Waals surface area contributed by atoms with Gasteiger partial charge in [-0.1, -0.05) is 185 Å². The van der Waals surface area contributed by atoms with Gasteiger partial charge in [0.1, 0.15) is 31.3 Å². The van der Waals surface area contributed by atoms with Gasteiger partial charge >= 0.3 is 12.1 Å². The number of primary amides is 1. The van der Waals surface area contributed by atoms with Gasteiger partial charge in [-0.05, 0) is 38.7 Å². The lowest BCUT2D eigenvalue weighted by Gasteiger charge is -2.24. The number of hydrogen-bond donors (Lipinski definition) is 8. The van der Waals surface area contributed by atoms with Gasteiger partial charge < -0.3 is 89.5 Å². The molecule has 29 nitrogen and oxygen atoms in total. The number of rotatable bonds is 73. The molecule has 1 rings (SSSR count). The Labute approximate surface area is 619 Å². The van der Waals surface area contributed by atoms with Crippen molar-refractivity contribution < 1.29 is 100 Å². The first-order valence-electron chi connectivity index (χ1n) is 38.3. The molecule has 1 unspecified atom stereocenters. The van der Waals surface area contributed by atoms with Crippen LogP contribution in [0.4, 0.5) is 4.79 Å². The van der Waals surface area contributed by atoms with Crippen molar-refractivity contribution in [3.05, 3.63) is 48.0 Å². The van der Waals surface area contributed by atoms with Crippen LogP contribution in [-0.4, -0.2) is 233 Å². The van der Waals surface area contributed by atoms with Crippen LogP contribution in [0.15, 0.2) is 42.5 Å². The van der Waals surface area contributed by atoms with E-state index in [4.69, 9.17) is 57.8 Å². The molecule has 0 saturated carbocycles. The minimum atomic E-state index is -1.23. The summed E-state index contributed by atoms with van der Waals surface area (Å²) in [7, 11) is 0. The lowest BCUT2D eigenvalue weighted by atomic mass is 10.1. The molecule has 0 aromatic heterocycles. The van der Waals surface area contributed by atoms with E-state index in [0.717, 1.165) is 43.4 Å². The summed E-state index contributed by atoms with van der Waals surface area (Å²) >= 11 is 0. The van der Waals surface area contributed by atoms with E-state index in [9.17, 15) is 48.3 Å². The molecular weight excluding hydrogens is 1350 g/mol. The number of ether oxygens (including phenoxy) is 11. The fraction of sp³-hybridized carbons (Fsp3) is 0.773. The summed E-state index contributed by atoms with van der Waals surface area (Å²) in [4.78, 5) is 112. The van der Waals surface area contributed by atoms with Gasteiger partial charge in [0, 0.05) is 51.3 Å². The van der Waals surface area contributed by atoms with Gasteiger partial charge in [-0.3, -0.25) is 39.0 Å². The number of nitrogens with one attached hydrogen (secondary N) is 6. The van der Waals surface area contributed by atoms with E-state index in [1.165, 1.54) is 142 Å². The van der Waals surface area contributed by atoms with Crippen LogP contribution < -0.4 is 37.7 Å². The van der Waals surface area contributed by atoms with Crippen molar-refractivity contribution in [2.24, 2.45) is 5.73 Å². The molecule has 104 heavy (non-hydrogen) atoms. The Bertz CT molecular complexity index is 2380. The van der Waals surface area contributed by atoms with Crippen molar-refractivity contribution in [2.45, 2.75) is 232 Å². The summed E-state index contributed by atoms with van der Waals surface area (Å²) < 4.78 is 61.4. The number of nitrogens with two attached hydrogens (primary N) is 1. The van der Waals surface area contributed by atoms with Crippen molar-refractivity contribution in [3.8, 4) is 0 Å². The van der Waals surface area contributed by atoms with Crippen LogP contribution in [0.5, 0.6) is 0 Å². The number of benzene rings is 1. The highest BCUT2D eigenvalue weighted by Crippen LogP contribution is 2.15. The summed E-state index contributed by atoms with van der Waals surface area (Å²) in [6.45, 7) is 13.2. The van der Waals surface area contributed by atoms with Crippen LogP contribution >= 0.6 is 0 Å². The van der Waals surface area contributed by atoms with Crippen molar-refractivity contribution in [1.29, 1.82) is 0 Å². The zero-order valence-electron chi connectivity index (χ0n) is 63.3. The standard InChI is InChI=1S/C75H132N8O21/c1-5-7-9-11-13-15-17-19-21-23-25-30-40-102-61-65(103-41-31-26-24-22-20-18-16-14-12-10-8-6-2)58-78-69(86)35-34-66(74(91)92)81-70(87)38-42-94-44-46-96-48-50-98-52-54-100-56-57-101-55-53-99-51-49-97-47-45-95-43-39-77-68(85)36-37-71(88)83(59-67(76)84)82-73(90)63(4)79-72(89)62(3)80-75(93)104-60-64-32-28-27-29-33-64/h27-29,32-33,36-37,62-63,65-66H,5-26,30-31,34-35,38-61H2,1-4H3,(H2,76,84)(H,77,85)(H,78,86)(H,79,89)(H,80,93)(H,81,87)(H,82,90)(H,91,92)/t62-,63-,65?,66-/m0/s1. The third-order valence-corrected chi connectivity index (χ3v) is 16.1. The fourth-order valence-electron chi connectivity index (χ4n) is 10.1. The minimum Gasteiger partial charge on any atom is -0.480 e. The summed E-state index contributed by atoms with van der Waals surface area (Å²) in [5.74, 6) is -6.25. The number of carboxylic acid groups (broad SMARTS) is 1. The van der Waals surface area contributed by atoms with Crippen molar-refractivity contribution in [1.82, 2.24) is 37.0 Å². The first-order chi connectivity index (χ1) is 50.6. The predicted octanol–water partition coefficient (Wildman–Crippen LogP) is 7.62. The molecule has 0 aliphatic carbocycles. The van der Waals surface area contributed by atoms with Gasteiger partial charge in [-0.15, -0.1) is 0 Å². The van der Waals surface area contributed by atoms with Crippen LogP contribution in [0.1, 0.15) is 207 Å². The Morgan fingerprint density at radius 2 is 0.913 bits per heavy atom. The molecule has 1 aromatic carbocycles. The van der Waals surface area contributed by atoms with E-state index >= 15 is 0 Å². The van der Waals surface area contributed by atoms with Gasteiger partial charge in [0.05, 0.1) is 118 Å². The van der Waals surface area contributed by atoms with E-state index in [1.807, 2.05) is 6.07 Å². The number of nitrogens with zero attached hydrogens (tertiary/aromatic N) is 1. The molecule has 0 saturated heterocycles.